The molecule has 0 spiro atoms. The fourth-order valence-electron chi connectivity index (χ4n) is 12.3. The molecule has 14 rings (SSSR count). The number of hydrogen-bond acceptors (Lipinski definition) is 2. The summed E-state index contributed by atoms with van der Waals surface area (Å²) in [6.07, 6.45) is 0. The fraction of sp³-hybridized carbons (Fsp3) is 0.0556. The smallest absolute Gasteiger partial charge is 0.252 e. The van der Waals surface area contributed by atoms with E-state index in [2.05, 4.69) is 297 Å². The average Bonchev–Trinajstić information content (AvgIpc) is 3.47. The molecular formula is C72H53BN2. The van der Waals surface area contributed by atoms with E-state index in [1.807, 2.05) is 0 Å². The van der Waals surface area contributed by atoms with Crippen molar-refractivity contribution in [1.29, 1.82) is 0 Å². The molecule has 2 aliphatic rings. The topological polar surface area (TPSA) is 6.48 Å². The van der Waals surface area contributed by atoms with Crippen LogP contribution >= 0.6 is 0 Å². The second-order valence-corrected chi connectivity index (χ2v) is 21.2. The predicted molar refractivity (Wildman–Crippen MR) is 321 cm³/mol. The Morgan fingerprint density at radius 1 is 0.280 bits per heavy atom. The third kappa shape index (κ3) is 7.33. The zero-order chi connectivity index (χ0) is 50.2. The van der Waals surface area contributed by atoms with Crippen molar-refractivity contribution in [3.63, 3.8) is 0 Å². The molecule has 0 bridgehead atoms. The van der Waals surface area contributed by atoms with Gasteiger partial charge in [0, 0.05) is 33.9 Å². The van der Waals surface area contributed by atoms with Gasteiger partial charge >= 0.3 is 0 Å². The first-order chi connectivity index (χ1) is 36.9. The molecule has 0 N–H and O–H groups in total. The summed E-state index contributed by atoms with van der Waals surface area (Å²) in [6.45, 7) is 7.00. The predicted octanol–water partition coefficient (Wildman–Crippen LogP) is 17.7. The molecular weight excluding hydrogens is 904 g/mol. The van der Waals surface area contributed by atoms with Gasteiger partial charge in [0.15, 0.2) is 0 Å². The molecule has 0 amide bonds. The second-order valence-electron chi connectivity index (χ2n) is 21.2. The molecule has 0 saturated carbocycles. The molecule has 0 fully saturated rings. The van der Waals surface area contributed by atoms with Gasteiger partial charge in [-0.3, -0.25) is 0 Å². The third-order valence-electron chi connectivity index (χ3n) is 15.8. The van der Waals surface area contributed by atoms with Crippen LogP contribution in [0.4, 0.5) is 34.1 Å². The number of fused-ring (bicyclic) bond motifs is 6. The highest BCUT2D eigenvalue weighted by Gasteiger charge is 2.45. The minimum absolute atomic E-state index is 0.0814. The van der Waals surface area contributed by atoms with Gasteiger partial charge in [0.2, 0.25) is 0 Å². The summed E-state index contributed by atoms with van der Waals surface area (Å²) in [6, 6.07) is 99.3. The molecule has 0 aliphatic carbocycles. The van der Waals surface area contributed by atoms with Crippen molar-refractivity contribution < 1.29 is 0 Å². The summed E-state index contributed by atoms with van der Waals surface area (Å²) in [7, 11) is 0. The molecule has 2 aliphatic heterocycles. The Morgan fingerprint density at radius 3 is 1.09 bits per heavy atom. The summed E-state index contributed by atoms with van der Waals surface area (Å²) in [5, 5.41) is 4.97. The first kappa shape index (κ1) is 44.5. The average molecular weight is 957 g/mol. The second kappa shape index (κ2) is 17.8. The van der Waals surface area contributed by atoms with Crippen LogP contribution in [-0.2, 0) is 5.41 Å². The van der Waals surface area contributed by atoms with Crippen molar-refractivity contribution in [2.24, 2.45) is 0 Å². The van der Waals surface area contributed by atoms with Crippen LogP contribution in [0.5, 0.6) is 0 Å². The van der Waals surface area contributed by atoms with Crippen molar-refractivity contribution >= 4 is 78.8 Å². The van der Waals surface area contributed by atoms with Crippen LogP contribution in [0.3, 0.4) is 0 Å². The Labute approximate surface area is 440 Å². The first-order valence-electron chi connectivity index (χ1n) is 26.3. The summed E-state index contributed by atoms with van der Waals surface area (Å²) in [4.78, 5) is 5.22. The quantitative estimate of drug-likeness (QED) is 0.116. The third-order valence-corrected chi connectivity index (χ3v) is 15.8. The van der Waals surface area contributed by atoms with Gasteiger partial charge in [-0.2, -0.15) is 0 Å². The van der Waals surface area contributed by atoms with E-state index in [0.717, 1.165) is 11.4 Å². The zero-order valence-electron chi connectivity index (χ0n) is 42.4. The van der Waals surface area contributed by atoms with E-state index in [9.17, 15) is 0 Å². The Balaban J connectivity index is 1.11. The maximum Gasteiger partial charge on any atom is 0.252 e. The number of nitrogens with zero attached hydrogens (tertiary/aromatic N) is 2. The Kier molecular flexibility index (Phi) is 10.6. The lowest BCUT2D eigenvalue weighted by Crippen LogP contribution is -2.61. The number of hydrogen-bond donors (Lipinski definition) is 0. The molecule has 0 aromatic heterocycles. The van der Waals surface area contributed by atoms with Crippen molar-refractivity contribution in [1.82, 2.24) is 0 Å². The minimum atomic E-state index is -0.192. The largest absolute Gasteiger partial charge is 0.311 e. The first-order valence-corrected chi connectivity index (χ1v) is 26.3. The van der Waals surface area contributed by atoms with Crippen LogP contribution in [0.25, 0.3) is 77.2 Å². The van der Waals surface area contributed by atoms with Gasteiger partial charge < -0.3 is 9.80 Å². The normalized spacial score (nSPS) is 12.7. The SMILES string of the molecule is CC(C)(C)c1cc2c3c(c1)N(c1ccccc1-c1ccccc1)c1cc(-c4c5ccccc5c(-c5ccccc5)c5ccccc45)ccc1B3c1ccc(-c3ccccc3)cc1N2c1ccccc1-c1ccccc1. The van der Waals surface area contributed by atoms with E-state index >= 15 is 0 Å². The maximum atomic E-state index is 2.62. The molecule has 12 aromatic rings. The minimum Gasteiger partial charge on any atom is -0.311 e. The van der Waals surface area contributed by atoms with E-state index in [1.54, 1.807) is 0 Å². The van der Waals surface area contributed by atoms with Gasteiger partial charge in [0.05, 0.1) is 11.4 Å². The van der Waals surface area contributed by atoms with Gasteiger partial charge in [0.25, 0.3) is 6.71 Å². The van der Waals surface area contributed by atoms with Crippen molar-refractivity contribution in [2.75, 3.05) is 9.80 Å². The van der Waals surface area contributed by atoms with Gasteiger partial charge in [-0.25, -0.2) is 0 Å². The van der Waals surface area contributed by atoms with E-state index in [4.69, 9.17) is 0 Å². The van der Waals surface area contributed by atoms with E-state index in [-0.39, 0.29) is 12.1 Å². The van der Waals surface area contributed by atoms with Gasteiger partial charge in [-0.1, -0.05) is 251 Å². The van der Waals surface area contributed by atoms with E-state index in [1.165, 1.54) is 122 Å². The molecule has 354 valence electrons. The van der Waals surface area contributed by atoms with Crippen LogP contribution < -0.4 is 26.2 Å². The lowest BCUT2D eigenvalue weighted by Gasteiger charge is -2.46. The number of rotatable bonds is 7. The van der Waals surface area contributed by atoms with Crippen LogP contribution in [0.1, 0.15) is 26.3 Å². The number of para-hydroxylation sites is 2. The van der Waals surface area contributed by atoms with E-state index < -0.39 is 0 Å². The lowest BCUT2D eigenvalue weighted by molar-refractivity contribution is 0.590. The zero-order valence-corrected chi connectivity index (χ0v) is 42.4. The number of anilines is 6. The highest BCUT2D eigenvalue weighted by Crippen LogP contribution is 2.51. The molecule has 2 nitrogen and oxygen atoms in total. The molecule has 75 heavy (non-hydrogen) atoms. The molecule has 3 heteroatoms. The van der Waals surface area contributed by atoms with Crippen LogP contribution in [-0.4, -0.2) is 6.71 Å². The fourth-order valence-corrected chi connectivity index (χ4v) is 12.3. The van der Waals surface area contributed by atoms with Crippen molar-refractivity contribution in [3.05, 3.63) is 272 Å². The van der Waals surface area contributed by atoms with Crippen LogP contribution in [0.15, 0.2) is 267 Å². The van der Waals surface area contributed by atoms with Gasteiger partial charge in [-0.15, -0.1) is 0 Å². The summed E-state index contributed by atoms with van der Waals surface area (Å²) in [5.74, 6) is 0. The monoisotopic (exact) mass is 956 g/mol. The van der Waals surface area contributed by atoms with Crippen LogP contribution in [0, 0.1) is 0 Å². The summed E-state index contributed by atoms with van der Waals surface area (Å²) in [5.41, 5.74) is 24.1. The van der Waals surface area contributed by atoms with Gasteiger partial charge in [-0.05, 0) is 130 Å². The highest BCUT2D eigenvalue weighted by molar-refractivity contribution is 7.00. The van der Waals surface area contributed by atoms with E-state index in [0.29, 0.717) is 0 Å². The molecule has 0 saturated heterocycles. The van der Waals surface area contributed by atoms with Gasteiger partial charge in [0.1, 0.15) is 0 Å². The Hall–Kier alpha value is -9.18. The summed E-state index contributed by atoms with van der Waals surface area (Å²) >= 11 is 0. The lowest BCUT2D eigenvalue weighted by atomic mass is 9.33. The Morgan fingerprint density at radius 2 is 0.640 bits per heavy atom. The molecule has 2 heterocycles. The maximum absolute atomic E-state index is 2.62. The summed E-state index contributed by atoms with van der Waals surface area (Å²) < 4.78 is 0. The molecule has 12 aromatic carbocycles. The Bertz CT molecular complexity index is 4100. The van der Waals surface area contributed by atoms with Crippen molar-refractivity contribution in [3.8, 4) is 55.6 Å². The number of benzene rings is 12. The van der Waals surface area contributed by atoms with Crippen molar-refractivity contribution in [2.45, 2.75) is 26.2 Å². The molecule has 0 unspecified atom stereocenters. The molecule has 0 atom stereocenters. The molecule has 0 radical (unpaired) electrons. The standard InChI is InChI=1S/C72H53BN2/c1-72(2,3)54-46-67-71-68(47-54)75(64-39-23-21-33-56(64)50-28-12-6-13-29-50)66-45-53(70-59-36-18-16-34-57(59)69(51-30-14-7-15-31-51)58-35-17-19-37-60(58)70)41-43-62(66)73(71)61-42-40-52(48-24-8-4-9-25-48)44-65(61)74(67)63-38-22-20-32-55(63)49-26-10-5-11-27-49/h4-47H,1-3H3. The van der Waals surface area contributed by atoms with Crippen LogP contribution in [0.2, 0.25) is 0 Å². The highest BCUT2D eigenvalue weighted by atomic mass is 15.2.